The van der Waals surface area contributed by atoms with Crippen molar-refractivity contribution < 1.29 is 4.39 Å². The quantitative estimate of drug-likeness (QED) is 0.565. The van der Waals surface area contributed by atoms with Gasteiger partial charge in [-0.3, -0.25) is 4.98 Å². The van der Waals surface area contributed by atoms with Gasteiger partial charge in [-0.1, -0.05) is 19.1 Å². The first-order valence-corrected chi connectivity index (χ1v) is 9.85. The molecule has 0 amide bonds. The van der Waals surface area contributed by atoms with Gasteiger partial charge in [-0.05, 0) is 36.4 Å². The number of hydrogen-bond acceptors (Lipinski definition) is 4. The lowest BCUT2D eigenvalue weighted by Gasteiger charge is -2.35. The van der Waals surface area contributed by atoms with Crippen molar-refractivity contribution in [3.63, 3.8) is 0 Å². The zero-order chi connectivity index (χ0) is 19.8. The minimum absolute atomic E-state index is 0.195. The van der Waals surface area contributed by atoms with E-state index in [9.17, 15) is 4.39 Å². The molecule has 0 atom stereocenters. The molecule has 28 heavy (non-hydrogen) atoms. The minimum atomic E-state index is -0.195. The molecule has 2 aromatic rings. The lowest BCUT2D eigenvalue weighted by molar-refractivity contribution is 0.270. The first kappa shape index (κ1) is 20.1. The maximum absolute atomic E-state index is 14.6. The van der Waals surface area contributed by atoms with E-state index in [1.165, 1.54) is 0 Å². The number of likely N-dealkylation sites (N-methyl/N-ethyl adjacent to an activating group) is 1. The summed E-state index contributed by atoms with van der Waals surface area (Å²) in [5.74, 6) is 0.162. The van der Waals surface area contributed by atoms with Gasteiger partial charge in [-0.25, -0.2) is 9.38 Å². The molecule has 7 heteroatoms. The largest absolute Gasteiger partial charge is 0.370 e. The van der Waals surface area contributed by atoms with Crippen LogP contribution in [0.4, 0.5) is 10.1 Å². The molecule has 2 heterocycles. The molecule has 0 aliphatic carbocycles. The topological polar surface area (TPSA) is 69.8 Å². The Labute approximate surface area is 166 Å². The average Bonchev–Trinajstić information content (AvgIpc) is 2.73. The maximum atomic E-state index is 14.6. The fourth-order valence-corrected chi connectivity index (χ4v) is 3.31. The molecule has 1 fully saturated rings. The van der Waals surface area contributed by atoms with Crippen molar-refractivity contribution in [2.24, 2.45) is 10.7 Å². The highest BCUT2D eigenvalue weighted by atomic mass is 19.1. The number of nitrogens with zero attached hydrogens (tertiary/aromatic N) is 4. The van der Waals surface area contributed by atoms with Gasteiger partial charge in [0.05, 0.1) is 12.2 Å². The van der Waals surface area contributed by atoms with Crippen LogP contribution in [0.5, 0.6) is 0 Å². The van der Waals surface area contributed by atoms with Crippen molar-refractivity contribution in [1.29, 1.82) is 0 Å². The SMILES string of the molecule is CCN1CCN(c2ccc(CN=C(N)NCCc3ccccn3)cc2F)CC1. The molecule has 1 aliphatic heterocycles. The summed E-state index contributed by atoms with van der Waals surface area (Å²) in [6, 6.07) is 11.2. The number of halogens is 1. The summed E-state index contributed by atoms with van der Waals surface area (Å²) in [5, 5.41) is 3.07. The number of guanidine groups is 1. The molecular formula is C21H29FN6. The molecule has 0 spiro atoms. The third kappa shape index (κ3) is 5.66. The van der Waals surface area contributed by atoms with Gasteiger partial charge in [-0.2, -0.15) is 0 Å². The predicted molar refractivity (Wildman–Crippen MR) is 112 cm³/mol. The van der Waals surface area contributed by atoms with Crippen LogP contribution in [0.3, 0.4) is 0 Å². The smallest absolute Gasteiger partial charge is 0.188 e. The molecule has 1 aromatic heterocycles. The number of anilines is 1. The number of pyridine rings is 1. The molecule has 1 saturated heterocycles. The van der Waals surface area contributed by atoms with E-state index in [2.05, 4.69) is 32.0 Å². The Morgan fingerprint density at radius 2 is 2.04 bits per heavy atom. The van der Waals surface area contributed by atoms with Crippen LogP contribution in [-0.2, 0) is 13.0 Å². The van der Waals surface area contributed by atoms with E-state index in [0.717, 1.165) is 50.4 Å². The van der Waals surface area contributed by atoms with Gasteiger partial charge < -0.3 is 20.9 Å². The van der Waals surface area contributed by atoms with Crippen LogP contribution in [0.15, 0.2) is 47.6 Å². The second-order valence-electron chi connectivity index (χ2n) is 6.91. The summed E-state index contributed by atoms with van der Waals surface area (Å²) in [6.07, 6.45) is 2.54. The van der Waals surface area contributed by atoms with Crippen LogP contribution in [-0.4, -0.2) is 55.1 Å². The predicted octanol–water partition coefficient (Wildman–Crippen LogP) is 2.01. The molecule has 6 nitrogen and oxygen atoms in total. The Morgan fingerprint density at radius 3 is 2.71 bits per heavy atom. The maximum Gasteiger partial charge on any atom is 0.188 e. The third-order valence-corrected chi connectivity index (χ3v) is 5.02. The molecule has 0 unspecified atom stereocenters. The third-order valence-electron chi connectivity index (χ3n) is 5.02. The van der Waals surface area contributed by atoms with Crippen LogP contribution in [0.2, 0.25) is 0 Å². The number of nitrogens with one attached hydrogen (secondary N) is 1. The van der Waals surface area contributed by atoms with Crippen molar-refractivity contribution in [2.75, 3.05) is 44.2 Å². The van der Waals surface area contributed by atoms with Crippen molar-refractivity contribution >= 4 is 11.6 Å². The average molecular weight is 385 g/mol. The number of hydrogen-bond donors (Lipinski definition) is 2. The Bertz CT molecular complexity index is 772. The van der Waals surface area contributed by atoms with Gasteiger partial charge in [0.25, 0.3) is 0 Å². The second-order valence-corrected chi connectivity index (χ2v) is 6.91. The van der Waals surface area contributed by atoms with Crippen molar-refractivity contribution in [2.45, 2.75) is 19.9 Å². The van der Waals surface area contributed by atoms with E-state index in [1.54, 1.807) is 12.3 Å². The van der Waals surface area contributed by atoms with Crippen LogP contribution in [0, 0.1) is 5.82 Å². The minimum Gasteiger partial charge on any atom is -0.370 e. The van der Waals surface area contributed by atoms with Gasteiger partial charge in [0, 0.05) is 51.0 Å². The Balaban J connectivity index is 1.49. The van der Waals surface area contributed by atoms with Crippen molar-refractivity contribution in [3.05, 3.63) is 59.7 Å². The molecule has 0 bridgehead atoms. The summed E-state index contributed by atoms with van der Waals surface area (Å²) in [7, 11) is 0. The molecule has 3 N–H and O–H groups in total. The Kier molecular flexibility index (Phi) is 7.19. The zero-order valence-corrected chi connectivity index (χ0v) is 16.4. The first-order valence-electron chi connectivity index (χ1n) is 9.85. The van der Waals surface area contributed by atoms with Gasteiger partial charge in [0.1, 0.15) is 5.82 Å². The van der Waals surface area contributed by atoms with Gasteiger partial charge >= 0.3 is 0 Å². The molecule has 3 rings (SSSR count). The lowest BCUT2D eigenvalue weighted by atomic mass is 10.1. The molecule has 150 valence electrons. The van der Waals surface area contributed by atoms with E-state index in [4.69, 9.17) is 5.73 Å². The van der Waals surface area contributed by atoms with Crippen LogP contribution in [0.1, 0.15) is 18.2 Å². The highest BCUT2D eigenvalue weighted by molar-refractivity contribution is 5.77. The molecular weight excluding hydrogens is 355 g/mol. The fourth-order valence-electron chi connectivity index (χ4n) is 3.31. The van der Waals surface area contributed by atoms with Crippen LogP contribution in [0.25, 0.3) is 0 Å². The van der Waals surface area contributed by atoms with E-state index in [0.29, 0.717) is 24.7 Å². The molecule has 0 radical (unpaired) electrons. The lowest BCUT2D eigenvalue weighted by Crippen LogP contribution is -2.46. The number of piperazine rings is 1. The highest BCUT2D eigenvalue weighted by Gasteiger charge is 2.18. The summed E-state index contributed by atoms with van der Waals surface area (Å²) >= 11 is 0. The van der Waals surface area contributed by atoms with Gasteiger partial charge in [-0.15, -0.1) is 0 Å². The highest BCUT2D eigenvalue weighted by Crippen LogP contribution is 2.22. The Morgan fingerprint density at radius 1 is 1.21 bits per heavy atom. The number of aliphatic imine (C=N–C) groups is 1. The van der Waals surface area contributed by atoms with Gasteiger partial charge in [0.2, 0.25) is 0 Å². The van der Waals surface area contributed by atoms with E-state index >= 15 is 0 Å². The van der Waals surface area contributed by atoms with Crippen LogP contribution < -0.4 is 16.0 Å². The van der Waals surface area contributed by atoms with E-state index in [1.807, 2.05) is 30.3 Å². The summed E-state index contributed by atoms with van der Waals surface area (Å²) in [5.41, 5.74) is 8.39. The first-order chi connectivity index (χ1) is 13.7. The number of aromatic nitrogens is 1. The normalized spacial score (nSPS) is 15.6. The standard InChI is InChI=1S/C21H29FN6/c1-2-27-11-13-28(14-12-27)20-7-6-17(15-19(20)22)16-26-21(23)25-10-8-18-5-3-4-9-24-18/h3-7,9,15H,2,8,10-14,16H2,1H3,(H3,23,25,26). The van der Waals surface area contributed by atoms with Crippen molar-refractivity contribution in [3.8, 4) is 0 Å². The number of nitrogens with two attached hydrogens (primary N) is 1. The summed E-state index contributed by atoms with van der Waals surface area (Å²) in [6.45, 7) is 7.87. The fraction of sp³-hybridized carbons (Fsp3) is 0.429. The molecule has 1 aliphatic rings. The Hall–Kier alpha value is -2.67. The van der Waals surface area contributed by atoms with E-state index in [-0.39, 0.29) is 5.82 Å². The summed E-state index contributed by atoms with van der Waals surface area (Å²) < 4.78 is 14.6. The summed E-state index contributed by atoms with van der Waals surface area (Å²) in [4.78, 5) is 13.1. The van der Waals surface area contributed by atoms with E-state index < -0.39 is 0 Å². The number of rotatable bonds is 7. The zero-order valence-electron chi connectivity index (χ0n) is 16.4. The second kappa shape index (κ2) is 10.0. The monoisotopic (exact) mass is 384 g/mol. The van der Waals surface area contributed by atoms with Crippen LogP contribution >= 0.6 is 0 Å². The van der Waals surface area contributed by atoms with Gasteiger partial charge in [0.15, 0.2) is 5.96 Å². The molecule has 0 saturated carbocycles. The molecule has 1 aromatic carbocycles. The number of benzene rings is 1. The van der Waals surface area contributed by atoms with Crippen molar-refractivity contribution in [1.82, 2.24) is 15.2 Å².